The number of rotatable bonds is 6. The Hall–Kier alpha value is -3.35. The second kappa shape index (κ2) is 8.89. The first-order valence-corrected chi connectivity index (χ1v) is 11.3. The van der Waals surface area contributed by atoms with E-state index in [0.29, 0.717) is 27.9 Å². The van der Waals surface area contributed by atoms with Gasteiger partial charge in [-0.3, -0.25) is 9.79 Å². The molecule has 33 heavy (non-hydrogen) atoms. The van der Waals surface area contributed by atoms with Gasteiger partial charge < -0.3 is 19.7 Å². The number of carbonyl (C=O) groups excluding carboxylic acids is 1. The summed E-state index contributed by atoms with van der Waals surface area (Å²) >= 11 is 6.15. The Morgan fingerprint density at radius 3 is 2.67 bits per heavy atom. The lowest BCUT2D eigenvalue weighted by Crippen LogP contribution is -2.22. The van der Waals surface area contributed by atoms with Crippen molar-refractivity contribution in [2.24, 2.45) is 4.99 Å². The first-order chi connectivity index (χ1) is 16.0. The van der Waals surface area contributed by atoms with E-state index in [1.165, 1.54) is 5.56 Å². The van der Waals surface area contributed by atoms with Gasteiger partial charge in [-0.2, -0.15) is 0 Å². The molecule has 0 spiro atoms. The van der Waals surface area contributed by atoms with Gasteiger partial charge in [0, 0.05) is 22.8 Å². The predicted molar refractivity (Wildman–Crippen MR) is 130 cm³/mol. The van der Waals surface area contributed by atoms with Gasteiger partial charge >= 0.3 is 0 Å². The largest absolute Gasteiger partial charge is 0.454 e. The predicted octanol–water partition coefficient (Wildman–Crippen LogP) is 5.38. The summed E-state index contributed by atoms with van der Waals surface area (Å²) in [7, 11) is 2.09. The van der Waals surface area contributed by atoms with E-state index in [0.717, 1.165) is 29.9 Å². The highest BCUT2D eigenvalue weighted by Gasteiger charge is 2.36. The van der Waals surface area contributed by atoms with Crippen molar-refractivity contribution >= 4 is 34.6 Å². The standard InChI is InChI=1S/C26H24ClN3O3/c1-3-30(2)14-16-4-8-19(9-5-16)28-25(17-6-11-22-23(12-17)33-15-32-22)24-20-10-7-18(27)13-21(20)29-26(24)31/h4-13,24H,3,14-15H2,1-2H3,(H,29,31). The van der Waals surface area contributed by atoms with Crippen molar-refractivity contribution in [3.8, 4) is 11.5 Å². The van der Waals surface area contributed by atoms with Crippen LogP contribution in [0.1, 0.15) is 29.5 Å². The van der Waals surface area contributed by atoms with Crippen LogP contribution in [0.2, 0.25) is 5.02 Å². The topological polar surface area (TPSA) is 63.2 Å². The van der Waals surface area contributed by atoms with E-state index in [4.69, 9.17) is 26.1 Å². The molecule has 5 rings (SSSR count). The van der Waals surface area contributed by atoms with E-state index in [2.05, 4.69) is 36.3 Å². The zero-order chi connectivity index (χ0) is 22.9. The minimum atomic E-state index is -0.566. The highest BCUT2D eigenvalue weighted by Crippen LogP contribution is 2.40. The summed E-state index contributed by atoms with van der Waals surface area (Å²) in [4.78, 5) is 20.3. The summed E-state index contributed by atoms with van der Waals surface area (Å²) in [6.07, 6.45) is 0. The fraction of sp³-hybridized carbons (Fsp3) is 0.231. The number of benzene rings is 3. The molecule has 2 aliphatic rings. The maximum absolute atomic E-state index is 13.1. The molecule has 1 unspecified atom stereocenters. The quantitative estimate of drug-likeness (QED) is 0.501. The summed E-state index contributed by atoms with van der Waals surface area (Å²) in [6.45, 7) is 4.17. The average molecular weight is 462 g/mol. The third-order valence-electron chi connectivity index (χ3n) is 5.97. The number of hydrogen-bond acceptors (Lipinski definition) is 5. The summed E-state index contributed by atoms with van der Waals surface area (Å²) < 4.78 is 11.0. The van der Waals surface area contributed by atoms with Crippen LogP contribution < -0.4 is 14.8 Å². The van der Waals surface area contributed by atoms with Crippen molar-refractivity contribution in [3.63, 3.8) is 0 Å². The van der Waals surface area contributed by atoms with Crippen LogP contribution in [-0.4, -0.2) is 36.9 Å². The van der Waals surface area contributed by atoms with Crippen LogP contribution in [0, 0.1) is 0 Å². The summed E-state index contributed by atoms with van der Waals surface area (Å²) in [6, 6.07) is 19.2. The molecular formula is C26H24ClN3O3. The molecule has 168 valence electrons. The second-order valence-corrected chi connectivity index (χ2v) is 8.65. The summed E-state index contributed by atoms with van der Waals surface area (Å²) in [5, 5.41) is 3.52. The molecule has 0 aliphatic carbocycles. The van der Waals surface area contributed by atoms with Gasteiger partial charge in [0.15, 0.2) is 11.5 Å². The number of amides is 1. The van der Waals surface area contributed by atoms with Crippen molar-refractivity contribution in [2.75, 3.05) is 25.7 Å². The van der Waals surface area contributed by atoms with E-state index >= 15 is 0 Å². The number of aliphatic imine (C=N–C) groups is 1. The van der Waals surface area contributed by atoms with Crippen molar-refractivity contribution in [1.82, 2.24) is 4.90 Å². The maximum Gasteiger partial charge on any atom is 0.238 e. The first kappa shape index (κ1) is 21.5. The lowest BCUT2D eigenvalue weighted by atomic mass is 9.90. The molecule has 1 amide bonds. The minimum absolute atomic E-state index is 0.134. The Morgan fingerprint density at radius 2 is 1.88 bits per heavy atom. The summed E-state index contributed by atoms with van der Waals surface area (Å²) in [5.74, 6) is 0.631. The Kier molecular flexibility index (Phi) is 5.79. The average Bonchev–Trinajstić information content (AvgIpc) is 3.41. The van der Waals surface area contributed by atoms with Crippen LogP contribution in [-0.2, 0) is 11.3 Å². The third-order valence-corrected chi connectivity index (χ3v) is 6.20. The molecule has 0 radical (unpaired) electrons. The SMILES string of the molecule is CCN(C)Cc1ccc(N=C(c2ccc3c(c2)OCO3)C2C(=O)Nc3cc(Cl)ccc32)cc1. The Labute approximate surface area is 197 Å². The first-order valence-electron chi connectivity index (χ1n) is 10.9. The fourth-order valence-electron chi connectivity index (χ4n) is 4.10. The summed E-state index contributed by atoms with van der Waals surface area (Å²) in [5.41, 5.74) is 5.00. The third kappa shape index (κ3) is 4.32. The molecule has 0 saturated heterocycles. The number of nitrogens with zero attached hydrogens (tertiary/aromatic N) is 2. The van der Waals surface area contributed by atoms with Gasteiger partial charge in [0.2, 0.25) is 12.7 Å². The molecule has 2 aliphatic heterocycles. The zero-order valence-corrected chi connectivity index (χ0v) is 19.2. The van der Waals surface area contributed by atoms with Crippen molar-refractivity contribution in [1.29, 1.82) is 0 Å². The molecule has 7 heteroatoms. The number of carbonyl (C=O) groups is 1. The molecule has 1 atom stereocenters. The van der Waals surface area contributed by atoms with Gasteiger partial charge in [0.05, 0.1) is 11.4 Å². The van der Waals surface area contributed by atoms with Gasteiger partial charge in [-0.15, -0.1) is 0 Å². The van der Waals surface area contributed by atoms with Crippen LogP contribution >= 0.6 is 11.6 Å². The second-order valence-electron chi connectivity index (χ2n) is 8.22. The van der Waals surface area contributed by atoms with E-state index < -0.39 is 5.92 Å². The molecule has 0 fully saturated rings. The number of anilines is 1. The minimum Gasteiger partial charge on any atom is -0.454 e. The number of hydrogen-bond donors (Lipinski definition) is 1. The Balaban J connectivity index is 1.58. The van der Waals surface area contributed by atoms with Crippen LogP contribution in [0.15, 0.2) is 65.7 Å². The van der Waals surface area contributed by atoms with E-state index in [1.54, 1.807) is 12.1 Å². The van der Waals surface area contributed by atoms with Gasteiger partial charge in [-0.1, -0.05) is 36.7 Å². The van der Waals surface area contributed by atoms with Crippen molar-refractivity contribution in [3.05, 3.63) is 82.4 Å². The van der Waals surface area contributed by atoms with Gasteiger partial charge in [0.1, 0.15) is 5.92 Å². The van der Waals surface area contributed by atoms with E-state index in [9.17, 15) is 4.79 Å². The zero-order valence-electron chi connectivity index (χ0n) is 18.5. The highest BCUT2D eigenvalue weighted by molar-refractivity contribution is 6.31. The Bertz CT molecular complexity index is 1240. The number of ether oxygens (including phenoxy) is 2. The van der Waals surface area contributed by atoms with Crippen LogP contribution in [0.5, 0.6) is 11.5 Å². The van der Waals surface area contributed by atoms with Gasteiger partial charge in [-0.25, -0.2) is 0 Å². The number of nitrogens with one attached hydrogen (secondary N) is 1. The molecule has 3 aromatic carbocycles. The van der Waals surface area contributed by atoms with Gasteiger partial charge in [-0.05, 0) is 67.2 Å². The normalized spacial score (nSPS) is 16.8. The van der Waals surface area contributed by atoms with Crippen LogP contribution in [0.25, 0.3) is 0 Å². The van der Waals surface area contributed by atoms with E-state index in [1.807, 2.05) is 36.4 Å². The molecule has 0 bridgehead atoms. The molecule has 0 saturated carbocycles. The van der Waals surface area contributed by atoms with Gasteiger partial charge in [0.25, 0.3) is 0 Å². The van der Waals surface area contributed by atoms with E-state index in [-0.39, 0.29) is 12.7 Å². The monoisotopic (exact) mass is 461 g/mol. The molecule has 2 heterocycles. The molecule has 3 aromatic rings. The molecule has 6 nitrogen and oxygen atoms in total. The molecule has 1 N–H and O–H groups in total. The lowest BCUT2D eigenvalue weighted by Gasteiger charge is -2.15. The molecular weight excluding hydrogens is 438 g/mol. The lowest BCUT2D eigenvalue weighted by molar-refractivity contribution is -0.115. The number of fused-ring (bicyclic) bond motifs is 2. The molecule has 0 aromatic heterocycles. The maximum atomic E-state index is 13.1. The van der Waals surface area contributed by atoms with Crippen LogP contribution in [0.4, 0.5) is 11.4 Å². The van der Waals surface area contributed by atoms with Crippen molar-refractivity contribution < 1.29 is 14.3 Å². The number of halogens is 1. The van der Waals surface area contributed by atoms with Crippen molar-refractivity contribution in [2.45, 2.75) is 19.4 Å². The van der Waals surface area contributed by atoms with Crippen LogP contribution in [0.3, 0.4) is 0 Å². The Morgan fingerprint density at radius 1 is 1.09 bits per heavy atom. The highest BCUT2D eigenvalue weighted by atomic mass is 35.5. The smallest absolute Gasteiger partial charge is 0.238 e. The fourth-order valence-corrected chi connectivity index (χ4v) is 4.27.